The molecule has 2 aromatic heterocycles. The average molecular weight is 369 g/mol. The van der Waals surface area contributed by atoms with Gasteiger partial charge in [0, 0.05) is 12.4 Å². The minimum Gasteiger partial charge on any atom is -0.350 e. The Kier molecular flexibility index (Phi) is 6.01. The molecule has 0 radical (unpaired) electrons. The molecular formula is C19H24N6S. The van der Waals surface area contributed by atoms with Crippen LogP contribution in [0.5, 0.6) is 0 Å². The number of rotatable bonds is 6. The summed E-state index contributed by atoms with van der Waals surface area (Å²) >= 11 is 1.67. The molecule has 2 heterocycles. The predicted octanol–water partition coefficient (Wildman–Crippen LogP) is 3.52. The van der Waals surface area contributed by atoms with Crippen LogP contribution in [0.2, 0.25) is 0 Å². The van der Waals surface area contributed by atoms with Crippen molar-refractivity contribution in [3.8, 4) is 11.3 Å². The smallest absolute Gasteiger partial charge is 0.191 e. The number of hydrogen-bond acceptors (Lipinski definition) is 4. The molecule has 6 nitrogen and oxygen atoms in total. The maximum Gasteiger partial charge on any atom is 0.191 e. The molecule has 0 aliphatic rings. The van der Waals surface area contributed by atoms with E-state index in [1.165, 1.54) is 0 Å². The number of guanidine groups is 1. The van der Waals surface area contributed by atoms with Gasteiger partial charge in [0.1, 0.15) is 10.8 Å². The van der Waals surface area contributed by atoms with Crippen LogP contribution in [-0.4, -0.2) is 28.0 Å². The van der Waals surface area contributed by atoms with Crippen molar-refractivity contribution in [3.05, 3.63) is 58.4 Å². The molecule has 7 heteroatoms. The van der Waals surface area contributed by atoms with Gasteiger partial charge in [0.2, 0.25) is 0 Å². The van der Waals surface area contributed by atoms with Crippen LogP contribution in [0.25, 0.3) is 11.3 Å². The Morgan fingerprint density at radius 2 is 1.96 bits per heavy atom. The van der Waals surface area contributed by atoms with E-state index in [4.69, 9.17) is 0 Å². The summed E-state index contributed by atoms with van der Waals surface area (Å²) in [5.74, 6) is 2.04. The third-order valence-corrected chi connectivity index (χ3v) is 4.80. The molecule has 0 saturated heterocycles. The highest BCUT2D eigenvalue weighted by Gasteiger charge is 2.07. The lowest BCUT2D eigenvalue weighted by Gasteiger charge is -2.09. The standard InChI is InChI=1S/C19H24N6S/c1-13(2)16-12-26-18(25-16)11-23-19(20-3)22-10-17-21-9-15(24-17)14-7-5-4-6-8-14/h4-9,12-13H,10-11H2,1-3H3,(H,21,24)(H2,20,22,23). The van der Waals surface area contributed by atoms with E-state index in [0.717, 1.165) is 33.7 Å². The molecule has 136 valence electrons. The molecule has 0 unspecified atom stereocenters. The molecule has 3 N–H and O–H groups in total. The van der Waals surface area contributed by atoms with Crippen LogP contribution in [0, 0.1) is 0 Å². The van der Waals surface area contributed by atoms with Gasteiger partial charge >= 0.3 is 0 Å². The second kappa shape index (κ2) is 8.62. The first-order chi connectivity index (χ1) is 12.7. The van der Waals surface area contributed by atoms with Gasteiger partial charge in [0.05, 0.1) is 30.7 Å². The zero-order valence-corrected chi connectivity index (χ0v) is 16.1. The second-order valence-electron chi connectivity index (χ2n) is 6.21. The number of thiazole rings is 1. The molecule has 26 heavy (non-hydrogen) atoms. The summed E-state index contributed by atoms with van der Waals surface area (Å²) < 4.78 is 0. The largest absolute Gasteiger partial charge is 0.350 e. The first kappa shape index (κ1) is 18.1. The number of H-pyrrole nitrogens is 1. The molecule has 0 fully saturated rings. The summed E-state index contributed by atoms with van der Waals surface area (Å²) in [6, 6.07) is 10.2. The van der Waals surface area contributed by atoms with E-state index in [1.807, 2.05) is 24.4 Å². The van der Waals surface area contributed by atoms with Gasteiger partial charge in [-0.3, -0.25) is 4.99 Å². The second-order valence-corrected chi connectivity index (χ2v) is 7.15. The number of imidazole rings is 1. The summed E-state index contributed by atoms with van der Waals surface area (Å²) in [7, 11) is 1.76. The lowest BCUT2D eigenvalue weighted by molar-refractivity contribution is 0.770. The minimum absolute atomic E-state index is 0.454. The van der Waals surface area contributed by atoms with Crippen LogP contribution in [-0.2, 0) is 13.1 Å². The van der Waals surface area contributed by atoms with Gasteiger partial charge in [0.25, 0.3) is 0 Å². The fraction of sp³-hybridized carbons (Fsp3) is 0.316. The number of aromatic nitrogens is 3. The van der Waals surface area contributed by atoms with Crippen molar-refractivity contribution in [1.29, 1.82) is 0 Å². The molecule has 0 aliphatic heterocycles. The Morgan fingerprint density at radius 3 is 2.65 bits per heavy atom. The molecule has 3 rings (SSSR count). The van der Waals surface area contributed by atoms with Crippen molar-refractivity contribution in [2.75, 3.05) is 7.05 Å². The first-order valence-corrected chi connectivity index (χ1v) is 9.51. The molecule has 0 atom stereocenters. The van der Waals surface area contributed by atoms with Crippen molar-refractivity contribution in [1.82, 2.24) is 25.6 Å². The lowest BCUT2D eigenvalue weighted by Crippen LogP contribution is -2.36. The van der Waals surface area contributed by atoms with Crippen molar-refractivity contribution in [2.45, 2.75) is 32.9 Å². The number of nitrogens with one attached hydrogen (secondary N) is 3. The quantitative estimate of drug-likeness (QED) is 0.459. The van der Waals surface area contributed by atoms with Gasteiger partial charge in [0.15, 0.2) is 5.96 Å². The van der Waals surface area contributed by atoms with Gasteiger partial charge in [-0.15, -0.1) is 11.3 Å². The number of hydrogen-bond donors (Lipinski definition) is 3. The maximum atomic E-state index is 4.63. The third-order valence-electron chi connectivity index (χ3n) is 3.93. The Morgan fingerprint density at radius 1 is 1.19 bits per heavy atom. The van der Waals surface area contributed by atoms with E-state index in [0.29, 0.717) is 19.0 Å². The minimum atomic E-state index is 0.454. The van der Waals surface area contributed by atoms with Gasteiger partial charge in [-0.25, -0.2) is 9.97 Å². The summed E-state index contributed by atoms with van der Waals surface area (Å²) in [6.45, 7) is 5.53. The van der Waals surface area contributed by atoms with E-state index in [1.54, 1.807) is 18.4 Å². The SMILES string of the molecule is CN=C(NCc1ncc(-c2ccccc2)[nH]1)NCc1nc(C(C)C)cs1. The van der Waals surface area contributed by atoms with Gasteiger partial charge in [-0.1, -0.05) is 44.2 Å². The monoisotopic (exact) mass is 368 g/mol. The zero-order chi connectivity index (χ0) is 18.4. The Hall–Kier alpha value is -2.67. The molecule has 0 aliphatic carbocycles. The number of aliphatic imine (C=N–C) groups is 1. The zero-order valence-electron chi connectivity index (χ0n) is 15.3. The molecule has 0 saturated carbocycles. The third kappa shape index (κ3) is 4.70. The first-order valence-electron chi connectivity index (χ1n) is 8.64. The molecular weight excluding hydrogens is 344 g/mol. The fourth-order valence-electron chi connectivity index (χ4n) is 2.44. The molecule has 0 spiro atoms. The highest BCUT2D eigenvalue weighted by atomic mass is 32.1. The molecule has 0 amide bonds. The van der Waals surface area contributed by atoms with E-state index in [2.05, 4.69) is 61.9 Å². The summed E-state index contributed by atoms with van der Waals surface area (Å²) in [5, 5.41) is 9.74. The van der Waals surface area contributed by atoms with E-state index >= 15 is 0 Å². The van der Waals surface area contributed by atoms with Crippen molar-refractivity contribution in [2.24, 2.45) is 4.99 Å². The Balaban J connectivity index is 1.52. The fourth-order valence-corrected chi connectivity index (χ4v) is 3.33. The number of aromatic amines is 1. The van der Waals surface area contributed by atoms with Crippen LogP contribution in [0.15, 0.2) is 46.9 Å². The van der Waals surface area contributed by atoms with Crippen LogP contribution < -0.4 is 10.6 Å². The van der Waals surface area contributed by atoms with Gasteiger partial charge < -0.3 is 15.6 Å². The van der Waals surface area contributed by atoms with Gasteiger partial charge in [-0.2, -0.15) is 0 Å². The lowest BCUT2D eigenvalue weighted by atomic mass is 10.2. The number of benzene rings is 1. The normalized spacial score (nSPS) is 11.8. The van der Waals surface area contributed by atoms with Crippen molar-refractivity contribution >= 4 is 17.3 Å². The van der Waals surface area contributed by atoms with E-state index < -0.39 is 0 Å². The van der Waals surface area contributed by atoms with Crippen LogP contribution in [0.1, 0.15) is 36.3 Å². The Bertz CT molecular complexity index is 850. The topological polar surface area (TPSA) is 78.0 Å². The van der Waals surface area contributed by atoms with Gasteiger partial charge in [-0.05, 0) is 11.5 Å². The van der Waals surface area contributed by atoms with Crippen molar-refractivity contribution in [3.63, 3.8) is 0 Å². The average Bonchev–Trinajstić information content (AvgIpc) is 3.32. The highest BCUT2D eigenvalue weighted by molar-refractivity contribution is 7.09. The Labute approximate surface area is 157 Å². The van der Waals surface area contributed by atoms with Crippen LogP contribution in [0.4, 0.5) is 0 Å². The maximum absolute atomic E-state index is 4.63. The van der Waals surface area contributed by atoms with E-state index in [-0.39, 0.29) is 0 Å². The number of nitrogens with zero attached hydrogens (tertiary/aromatic N) is 3. The molecule has 0 bridgehead atoms. The molecule has 1 aromatic carbocycles. The van der Waals surface area contributed by atoms with Crippen LogP contribution in [0.3, 0.4) is 0 Å². The predicted molar refractivity (Wildman–Crippen MR) is 107 cm³/mol. The summed E-state index contributed by atoms with van der Waals surface area (Å²) in [5.41, 5.74) is 3.27. The summed E-state index contributed by atoms with van der Waals surface area (Å²) in [6.07, 6.45) is 1.85. The highest BCUT2D eigenvalue weighted by Crippen LogP contribution is 2.17. The van der Waals surface area contributed by atoms with Crippen molar-refractivity contribution < 1.29 is 0 Å². The van der Waals surface area contributed by atoms with E-state index in [9.17, 15) is 0 Å². The summed E-state index contributed by atoms with van der Waals surface area (Å²) in [4.78, 5) is 16.6. The van der Waals surface area contributed by atoms with Crippen LogP contribution >= 0.6 is 11.3 Å². The molecule has 3 aromatic rings.